The molecule has 0 aliphatic carbocycles. The highest BCUT2D eigenvalue weighted by Crippen LogP contribution is 2.26. The molecule has 0 fully saturated rings. The number of allylic oxidation sites excluding steroid dienone is 1. The van der Waals surface area contributed by atoms with Crippen LogP contribution >= 0.6 is 23.2 Å². The minimum atomic E-state index is -0.542. The van der Waals surface area contributed by atoms with E-state index in [0.717, 1.165) is 0 Å². The van der Waals surface area contributed by atoms with Gasteiger partial charge in [0.1, 0.15) is 11.4 Å². The highest BCUT2D eigenvalue weighted by molar-refractivity contribution is 6.37. The fraction of sp³-hybridized carbons (Fsp3) is 0.0312. The Morgan fingerprint density at radius 2 is 1.45 bits per heavy atom. The molecule has 200 valence electrons. The third-order valence-electron chi connectivity index (χ3n) is 5.76. The van der Waals surface area contributed by atoms with Crippen LogP contribution < -0.4 is 15.4 Å². The lowest BCUT2D eigenvalue weighted by atomic mass is 10.1. The van der Waals surface area contributed by atoms with Crippen molar-refractivity contribution in [3.05, 3.63) is 141 Å². The third kappa shape index (κ3) is 7.47. The second-order valence-corrected chi connectivity index (χ2v) is 9.33. The van der Waals surface area contributed by atoms with Gasteiger partial charge in [0, 0.05) is 32.4 Å². The summed E-state index contributed by atoms with van der Waals surface area (Å²) in [4.78, 5) is 38.8. The Labute approximate surface area is 241 Å². The summed E-state index contributed by atoms with van der Waals surface area (Å²) in [6.07, 6.45) is 4.50. The number of hydrogen-bond acceptors (Lipinski definition) is 4. The van der Waals surface area contributed by atoms with Crippen molar-refractivity contribution in [2.75, 3.05) is 12.4 Å². The van der Waals surface area contributed by atoms with Crippen LogP contribution in [0.4, 0.5) is 5.69 Å². The highest BCUT2D eigenvalue weighted by Gasteiger charge is 2.15. The molecule has 4 aromatic rings. The Morgan fingerprint density at radius 3 is 2.12 bits per heavy atom. The van der Waals surface area contributed by atoms with Gasteiger partial charge in [0.2, 0.25) is 0 Å². The van der Waals surface area contributed by atoms with Crippen LogP contribution in [0.25, 0.3) is 12.2 Å². The quantitative estimate of drug-likeness (QED) is 0.163. The summed E-state index contributed by atoms with van der Waals surface area (Å²) in [6, 6.07) is 27.1. The van der Waals surface area contributed by atoms with Crippen molar-refractivity contribution < 1.29 is 19.1 Å². The number of benzene rings is 4. The normalized spacial score (nSPS) is 11.2. The maximum atomic E-state index is 13.3. The summed E-state index contributed by atoms with van der Waals surface area (Å²) in [6.45, 7) is 0. The van der Waals surface area contributed by atoms with E-state index in [1.807, 2.05) is 0 Å². The Bertz CT molecular complexity index is 1580. The molecule has 0 spiro atoms. The molecule has 0 aliphatic rings. The molecule has 6 nitrogen and oxygen atoms in total. The molecule has 40 heavy (non-hydrogen) atoms. The van der Waals surface area contributed by atoms with Gasteiger partial charge < -0.3 is 15.4 Å². The van der Waals surface area contributed by atoms with Crippen LogP contribution in [0.2, 0.25) is 10.0 Å². The fourth-order valence-electron chi connectivity index (χ4n) is 3.68. The van der Waals surface area contributed by atoms with Gasteiger partial charge in [-0.25, -0.2) is 0 Å². The molecule has 4 aromatic carbocycles. The number of carbonyl (C=O) groups is 3. The van der Waals surface area contributed by atoms with Crippen molar-refractivity contribution in [2.24, 2.45) is 0 Å². The van der Waals surface area contributed by atoms with Gasteiger partial charge in [-0.15, -0.1) is 0 Å². The lowest BCUT2D eigenvalue weighted by Gasteiger charge is -2.12. The van der Waals surface area contributed by atoms with E-state index in [1.165, 1.54) is 6.08 Å². The Hall–Kier alpha value is -4.65. The van der Waals surface area contributed by atoms with E-state index in [4.69, 9.17) is 27.9 Å². The van der Waals surface area contributed by atoms with E-state index in [9.17, 15) is 14.4 Å². The first-order valence-electron chi connectivity index (χ1n) is 12.1. The highest BCUT2D eigenvalue weighted by atomic mass is 35.5. The number of anilines is 1. The molecule has 4 rings (SSSR count). The summed E-state index contributed by atoms with van der Waals surface area (Å²) in [5.41, 5.74) is 2.48. The van der Waals surface area contributed by atoms with Crippen molar-refractivity contribution in [2.45, 2.75) is 0 Å². The zero-order valence-electron chi connectivity index (χ0n) is 21.4. The molecule has 0 bridgehead atoms. The fourth-order valence-corrected chi connectivity index (χ4v) is 4.21. The number of methoxy groups -OCH3 is 1. The van der Waals surface area contributed by atoms with Gasteiger partial charge in [0.05, 0.1) is 7.11 Å². The molecular weight excluding hydrogens is 547 g/mol. The molecular formula is C32H24Cl2N2O4. The number of carbonyl (C=O) groups excluding carboxylic acids is 3. The van der Waals surface area contributed by atoms with E-state index in [-0.39, 0.29) is 11.5 Å². The van der Waals surface area contributed by atoms with Crippen LogP contribution in [0.1, 0.15) is 31.8 Å². The topological polar surface area (TPSA) is 84.5 Å². The van der Waals surface area contributed by atoms with Crippen LogP contribution in [0.5, 0.6) is 5.75 Å². The van der Waals surface area contributed by atoms with Crippen molar-refractivity contribution in [1.82, 2.24) is 5.32 Å². The van der Waals surface area contributed by atoms with Gasteiger partial charge in [-0.05, 0) is 84.5 Å². The van der Waals surface area contributed by atoms with Crippen molar-refractivity contribution in [3.63, 3.8) is 0 Å². The summed E-state index contributed by atoms with van der Waals surface area (Å²) in [5.74, 6) is -0.632. The number of amides is 2. The van der Waals surface area contributed by atoms with Crippen LogP contribution in [-0.2, 0) is 4.79 Å². The number of rotatable bonds is 9. The summed E-state index contributed by atoms with van der Waals surface area (Å²) >= 11 is 12.3. The van der Waals surface area contributed by atoms with Gasteiger partial charge in [-0.3, -0.25) is 14.4 Å². The average Bonchev–Trinajstić information content (AvgIpc) is 2.97. The second-order valence-electron chi connectivity index (χ2n) is 8.52. The SMILES string of the molecule is COc1cccc(/C=C(\NC(=O)c2ccccc2)C(=O)Nc2ccc(C(=O)/C=C/c3c(Cl)cccc3Cl)cc2)c1. The maximum Gasteiger partial charge on any atom is 0.272 e. The van der Waals surface area contributed by atoms with Gasteiger partial charge in [0.15, 0.2) is 5.78 Å². The smallest absolute Gasteiger partial charge is 0.272 e. The third-order valence-corrected chi connectivity index (χ3v) is 6.42. The summed E-state index contributed by atoms with van der Waals surface area (Å²) in [5, 5.41) is 6.34. The zero-order valence-corrected chi connectivity index (χ0v) is 22.9. The lowest BCUT2D eigenvalue weighted by molar-refractivity contribution is -0.113. The van der Waals surface area contributed by atoms with Crippen LogP contribution in [0, 0.1) is 0 Å². The van der Waals surface area contributed by atoms with Gasteiger partial charge in [-0.2, -0.15) is 0 Å². The number of halogens is 2. The maximum absolute atomic E-state index is 13.3. The van der Waals surface area contributed by atoms with Crippen LogP contribution in [-0.4, -0.2) is 24.7 Å². The number of ketones is 1. The van der Waals surface area contributed by atoms with Crippen molar-refractivity contribution >= 4 is 58.6 Å². The molecule has 0 saturated heterocycles. The van der Waals surface area contributed by atoms with Gasteiger partial charge in [-0.1, -0.05) is 59.6 Å². The second kappa shape index (κ2) is 13.4. The first kappa shape index (κ1) is 28.4. The molecule has 0 aliphatic heterocycles. The molecule has 0 aromatic heterocycles. The standard InChI is InChI=1S/C32H24Cl2N2O4/c1-40-25-10-5-7-21(19-25)20-29(36-31(38)23-8-3-2-4-9-23)32(39)35-24-15-13-22(14-16-24)30(37)18-17-26-27(33)11-6-12-28(26)34/h2-20H,1H3,(H,35,39)(H,36,38)/b18-17+,29-20-. The first-order valence-corrected chi connectivity index (χ1v) is 12.9. The number of ether oxygens (including phenoxy) is 1. The van der Waals surface area contributed by atoms with E-state index < -0.39 is 11.8 Å². The molecule has 2 amide bonds. The first-order chi connectivity index (χ1) is 19.3. The van der Waals surface area contributed by atoms with E-state index in [0.29, 0.717) is 43.7 Å². The van der Waals surface area contributed by atoms with Crippen molar-refractivity contribution in [1.29, 1.82) is 0 Å². The number of hydrogen-bond donors (Lipinski definition) is 2. The van der Waals surface area contributed by atoms with Crippen LogP contribution in [0.3, 0.4) is 0 Å². The van der Waals surface area contributed by atoms with Crippen molar-refractivity contribution in [3.8, 4) is 5.75 Å². The minimum Gasteiger partial charge on any atom is -0.497 e. The molecule has 0 heterocycles. The largest absolute Gasteiger partial charge is 0.497 e. The zero-order chi connectivity index (χ0) is 28.5. The molecule has 2 N–H and O–H groups in total. The summed E-state index contributed by atoms with van der Waals surface area (Å²) < 4.78 is 5.26. The molecule has 0 radical (unpaired) electrons. The molecule has 0 unspecified atom stereocenters. The van der Waals surface area contributed by atoms with E-state index in [2.05, 4.69) is 10.6 Å². The molecule has 8 heteroatoms. The number of nitrogens with one attached hydrogen (secondary N) is 2. The van der Waals surface area contributed by atoms with E-state index >= 15 is 0 Å². The Kier molecular flexibility index (Phi) is 9.52. The van der Waals surface area contributed by atoms with E-state index in [1.54, 1.807) is 116 Å². The average molecular weight is 571 g/mol. The molecule has 0 saturated carbocycles. The molecule has 0 atom stereocenters. The predicted octanol–water partition coefficient (Wildman–Crippen LogP) is 7.31. The van der Waals surface area contributed by atoms with Gasteiger partial charge >= 0.3 is 0 Å². The monoisotopic (exact) mass is 570 g/mol. The predicted molar refractivity (Wildman–Crippen MR) is 160 cm³/mol. The van der Waals surface area contributed by atoms with Crippen LogP contribution in [0.15, 0.2) is 109 Å². The lowest BCUT2D eigenvalue weighted by Crippen LogP contribution is -2.30. The summed E-state index contributed by atoms with van der Waals surface area (Å²) in [7, 11) is 1.55. The Balaban J connectivity index is 1.52. The Morgan fingerprint density at radius 1 is 0.775 bits per heavy atom. The van der Waals surface area contributed by atoms with Gasteiger partial charge in [0.25, 0.3) is 11.8 Å². The minimum absolute atomic E-state index is 0.0295.